The second-order valence-electron chi connectivity index (χ2n) is 5.59. The van der Waals surface area contributed by atoms with E-state index in [2.05, 4.69) is 16.7 Å². The van der Waals surface area contributed by atoms with E-state index < -0.39 is 17.4 Å². The van der Waals surface area contributed by atoms with Crippen LogP contribution in [0.5, 0.6) is 5.75 Å². The number of phenols is 1. The lowest BCUT2D eigenvalue weighted by Gasteiger charge is -2.27. The maximum atomic E-state index is 14.5. The van der Waals surface area contributed by atoms with Crippen LogP contribution in [-0.2, 0) is 0 Å². The molecule has 3 aromatic carbocycles. The number of nitrogens with one attached hydrogen (secondary N) is 2. The van der Waals surface area contributed by atoms with Crippen molar-refractivity contribution >= 4 is 22.8 Å². The number of phenolic OH excluding ortho intramolecular Hbond substituents is 1. The number of rotatable bonds is 2. The summed E-state index contributed by atoms with van der Waals surface area (Å²) in [6.07, 6.45) is 0. The van der Waals surface area contributed by atoms with E-state index in [4.69, 9.17) is 0 Å². The van der Waals surface area contributed by atoms with Crippen molar-refractivity contribution < 1.29 is 13.9 Å². The summed E-state index contributed by atoms with van der Waals surface area (Å²) in [6.45, 7) is 0. The van der Waals surface area contributed by atoms with Gasteiger partial charge in [0.15, 0.2) is 11.6 Å². The third kappa shape index (κ3) is 2.59. The minimum atomic E-state index is -1.01. The van der Waals surface area contributed by atoms with Crippen LogP contribution in [0.1, 0.15) is 11.1 Å². The highest BCUT2D eigenvalue weighted by Gasteiger charge is 2.25. The minimum absolute atomic E-state index is 0.218. The summed E-state index contributed by atoms with van der Waals surface area (Å²) < 4.78 is 28.9. The number of hydrogen-bond acceptors (Lipinski definition) is 3. The van der Waals surface area contributed by atoms with E-state index in [9.17, 15) is 13.9 Å². The lowest BCUT2D eigenvalue weighted by atomic mass is 10.0. The highest BCUT2D eigenvalue weighted by molar-refractivity contribution is 6.06. The summed E-state index contributed by atoms with van der Waals surface area (Å²) in [5.41, 5.74) is 2.57. The molecule has 1 radical (unpaired) electrons. The first-order chi connectivity index (χ1) is 12.1. The normalized spacial score (nSPS) is 13.0. The van der Waals surface area contributed by atoms with Gasteiger partial charge in [0.2, 0.25) is 0 Å². The van der Waals surface area contributed by atoms with Gasteiger partial charge in [-0.3, -0.25) is 0 Å². The fraction of sp³-hybridized carbons (Fsp3) is 0. The summed E-state index contributed by atoms with van der Waals surface area (Å²) in [4.78, 5) is 0. The molecular weight excluding hydrogens is 322 g/mol. The maximum Gasteiger partial charge on any atom is 0.177 e. The van der Waals surface area contributed by atoms with Crippen molar-refractivity contribution in [2.24, 2.45) is 0 Å². The Morgan fingerprint density at radius 2 is 1.60 bits per heavy atom. The van der Waals surface area contributed by atoms with Crippen molar-refractivity contribution in [2.75, 3.05) is 10.6 Å². The van der Waals surface area contributed by atoms with Crippen LogP contribution in [0.2, 0.25) is 0 Å². The van der Waals surface area contributed by atoms with E-state index in [0.717, 1.165) is 23.4 Å². The number of aromatic hydroxyl groups is 1. The fourth-order valence-corrected chi connectivity index (χ4v) is 2.82. The Hall–Kier alpha value is -3.34. The van der Waals surface area contributed by atoms with E-state index in [0.29, 0.717) is 11.4 Å². The molecule has 0 unspecified atom stereocenters. The monoisotopic (exact) mass is 335 g/mol. The molecule has 25 heavy (non-hydrogen) atoms. The Labute approximate surface area is 143 Å². The average molecular weight is 335 g/mol. The van der Waals surface area contributed by atoms with Crippen LogP contribution < -0.4 is 10.6 Å². The Kier molecular flexibility index (Phi) is 3.61. The molecule has 0 fully saturated rings. The Morgan fingerprint density at radius 1 is 0.840 bits per heavy atom. The van der Waals surface area contributed by atoms with E-state index in [1.807, 2.05) is 30.3 Å². The van der Waals surface area contributed by atoms with E-state index >= 15 is 0 Å². The van der Waals surface area contributed by atoms with Crippen molar-refractivity contribution in [2.45, 2.75) is 0 Å². The van der Waals surface area contributed by atoms with Gasteiger partial charge in [-0.1, -0.05) is 36.4 Å². The zero-order valence-electron chi connectivity index (χ0n) is 13.0. The van der Waals surface area contributed by atoms with Crippen molar-refractivity contribution in [3.05, 3.63) is 89.5 Å². The summed E-state index contributed by atoms with van der Waals surface area (Å²) in [5.74, 6) is -2.38. The largest absolute Gasteiger partial charge is 0.505 e. The number of fused-ring (bicyclic) bond motifs is 1. The van der Waals surface area contributed by atoms with Gasteiger partial charge in [0, 0.05) is 5.56 Å². The van der Waals surface area contributed by atoms with Crippen LogP contribution in [0.15, 0.2) is 60.7 Å². The van der Waals surface area contributed by atoms with Crippen molar-refractivity contribution in [1.82, 2.24) is 0 Å². The second-order valence-corrected chi connectivity index (χ2v) is 5.59. The molecule has 1 heterocycles. The van der Waals surface area contributed by atoms with Gasteiger partial charge in [-0.15, -0.1) is 0 Å². The molecule has 0 atom stereocenters. The van der Waals surface area contributed by atoms with Gasteiger partial charge in [0.1, 0.15) is 5.82 Å². The summed E-state index contributed by atoms with van der Waals surface area (Å²) in [5, 5.41) is 16.0. The molecule has 0 spiro atoms. The molecule has 4 rings (SSSR count). The standard InChI is InChI=1S/C20H13F2N2O/c21-13-10-11-16(25)18(22)17(13)20-19(12-6-2-1-3-7-12)23-14-8-4-5-9-15(14)24-20/h1-3,5-11,23-25H. The maximum absolute atomic E-state index is 14.5. The molecular formula is C20H13F2N2O. The third-order valence-corrected chi connectivity index (χ3v) is 4.02. The van der Waals surface area contributed by atoms with Crippen LogP contribution >= 0.6 is 0 Å². The van der Waals surface area contributed by atoms with Crippen LogP contribution in [0, 0.1) is 17.7 Å². The summed E-state index contributed by atoms with van der Waals surface area (Å²) in [6, 6.07) is 19.4. The molecule has 1 aliphatic rings. The molecule has 0 aromatic heterocycles. The van der Waals surface area contributed by atoms with E-state index in [1.165, 1.54) is 0 Å². The Bertz CT molecular complexity index is 984. The molecule has 0 amide bonds. The number of halogens is 2. The molecule has 123 valence electrons. The first-order valence-corrected chi connectivity index (χ1v) is 7.66. The lowest BCUT2D eigenvalue weighted by molar-refractivity contribution is 0.426. The van der Waals surface area contributed by atoms with Gasteiger partial charge < -0.3 is 15.7 Å². The smallest absolute Gasteiger partial charge is 0.177 e. The van der Waals surface area contributed by atoms with Gasteiger partial charge in [-0.05, 0) is 30.3 Å². The molecule has 0 saturated carbocycles. The second kappa shape index (κ2) is 5.94. The SMILES string of the molecule is Oc1ccc(F)c(C2=C(c3ccccc3)Nc3c[c]ccc3N2)c1F. The lowest BCUT2D eigenvalue weighted by Crippen LogP contribution is -2.17. The van der Waals surface area contributed by atoms with E-state index in [-0.39, 0.29) is 11.3 Å². The number of anilines is 2. The molecule has 3 nitrogen and oxygen atoms in total. The van der Waals surface area contributed by atoms with Crippen LogP contribution in [0.3, 0.4) is 0 Å². The molecule has 3 aromatic rings. The first kappa shape index (κ1) is 15.2. The Morgan fingerprint density at radius 3 is 2.40 bits per heavy atom. The van der Waals surface area contributed by atoms with Crippen LogP contribution in [0.4, 0.5) is 20.2 Å². The predicted molar refractivity (Wildman–Crippen MR) is 93.8 cm³/mol. The number of hydrogen-bond donors (Lipinski definition) is 3. The first-order valence-electron chi connectivity index (χ1n) is 7.66. The molecule has 1 aliphatic heterocycles. The Balaban J connectivity index is 1.98. The van der Waals surface area contributed by atoms with Crippen molar-refractivity contribution in [3.63, 3.8) is 0 Å². The number of benzene rings is 3. The zero-order chi connectivity index (χ0) is 17.4. The van der Waals surface area contributed by atoms with Gasteiger partial charge in [-0.25, -0.2) is 8.78 Å². The van der Waals surface area contributed by atoms with E-state index in [1.54, 1.807) is 18.2 Å². The van der Waals surface area contributed by atoms with Gasteiger partial charge in [-0.2, -0.15) is 0 Å². The highest BCUT2D eigenvalue weighted by atomic mass is 19.1. The quantitative estimate of drug-likeness (QED) is 0.628. The molecule has 3 N–H and O–H groups in total. The highest BCUT2D eigenvalue weighted by Crippen LogP contribution is 2.40. The van der Waals surface area contributed by atoms with Gasteiger partial charge in [0.25, 0.3) is 0 Å². The van der Waals surface area contributed by atoms with Crippen molar-refractivity contribution in [1.29, 1.82) is 0 Å². The fourth-order valence-electron chi connectivity index (χ4n) is 2.82. The molecule has 0 saturated heterocycles. The summed E-state index contributed by atoms with van der Waals surface area (Å²) >= 11 is 0. The minimum Gasteiger partial charge on any atom is -0.505 e. The predicted octanol–water partition coefficient (Wildman–Crippen LogP) is 4.83. The third-order valence-electron chi connectivity index (χ3n) is 4.02. The van der Waals surface area contributed by atoms with Gasteiger partial charge >= 0.3 is 0 Å². The van der Waals surface area contributed by atoms with Crippen molar-refractivity contribution in [3.8, 4) is 5.75 Å². The van der Waals surface area contributed by atoms with Crippen LogP contribution in [-0.4, -0.2) is 5.11 Å². The molecule has 0 aliphatic carbocycles. The summed E-state index contributed by atoms with van der Waals surface area (Å²) in [7, 11) is 0. The molecule has 0 bridgehead atoms. The zero-order valence-corrected chi connectivity index (χ0v) is 13.0. The topological polar surface area (TPSA) is 44.3 Å². The van der Waals surface area contributed by atoms with Crippen LogP contribution in [0.25, 0.3) is 11.4 Å². The molecule has 5 heteroatoms. The van der Waals surface area contributed by atoms with Gasteiger partial charge in [0.05, 0.1) is 28.3 Å². The average Bonchev–Trinajstić information content (AvgIpc) is 2.65.